The summed E-state index contributed by atoms with van der Waals surface area (Å²) in [5, 5.41) is 0. The maximum Gasteiger partial charge on any atom is 1.00 e. The van der Waals surface area contributed by atoms with E-state index in [0.29, 0.717) is 6.42 Å². The van der Waals surface area contributed by atoms with Crippen LogP contribution in [-0.2, 0) is 16.0 Å². The SMILES string of the molecule is [CH2-]c1cccc(CCC(=O)OC)c1C.[K+]. The fourth-order valence-corrected chi connectivity index (χ4v) is 1.35. The number of carbonyl (C=O) groups is 1. The Kier molecular flexibility index (Phi) is 7.56. The molecule has 0 aliphatic rings. The molecule has 1 rings (SSSR count). The second-order valence-corrected chi connectivity index (χ2v) is 3.28. The van der Waals surface area contributed by atoms with E-state index in [0.717, 1.165) is 17.5 Å². The molecule has 2 nitrogen and oxygen atoms in total. The van der Waals surface area contributed by atoms with Crippen molar-refractivity contribution in [3.05, 3.63) is 41.8 Å². The van der Waals surface area contributed by atoms with Crippen molar-refractivity contribution in [2.24, 2.45) is 0 Å². The molecule has 0 amide bonds. The second-order valence-electron chi connectivity index (χ2n) is 3.28. The zero-order valence-electron chi connectivity index (χ0n) is 9.67. The predicted octanol–water partition coefficient (Wildman–Crippen LogP) is -0.713. The van der Waals surface area contributed by atoms with E-state index in [1.165, 1.54) is 12.7 Å². The van der Waals surface area contributed by atoms with E-state index in [9.17, 15) is 4.79 Å². The molecule has 0 atom stereocenters. The van der Waals surface area contributed by atoms with Gasteiger partial charge in [-0.15, -0.1) is 17.2 Å². The molecule has 3 heteroatoms. The Morgan fingerprint density at radius 3 is 2.73 bits per heavy atom. The summed E-state index contributed by atoms with van der Waals surface area (Å²) in [6.45, 7) is 5.93. The van der Waals surface area contributed by atoms with Gasteiger partial charge in [0.2, 0.25) is 0 Å². The molecule has 0 aliphatic heterocycles. The van der Waals surface area contributed by atoms with Gasteiger partial charge in [-0.3, -0.25) is 4.79 Å². The molecule has 0 bridgehead atoms. The predicted molar refractivity (Wildman–Crippen MR) is 56.0 cm³/mol. The van der Waals surface area contributed by atoms with Crippen LogP contribution in [0.4, 0.5) is 0 Å². The normalized spacial score (nSPS) is 9.20. The Morgan fingerprint density at radius 1 is 1.47 bits per heavy atom. The Bertz CT molecular complexity index is 334. The topological polar surface area (TPSA) is 26.3 Å². The molecule has 1 aromatic rings. The molecule has 0 N–H and O–H groups in total. The van der Waals surface area contributed by atoms with Gasteiger partial charge in [0, 0.05) is 6.42 Å². The summed E-state index contributed by atoms with van der Waals surface area (Å²) >= 11 is 0. The minimum Gasteiger partial charge on any atom is -0.469 e. The maximum absolute atomic E-state index is 10.9. The molecular weight excluding hydrogens is 215 g/mol. The van der Waals surface area contributed by atoms with Gasteiger partial charge in [0.05, 0.1) is 7.11 Å². The van der Waals surface area contributed by atoms with Crippen molar-refractivity contribution < 1.29 is 60.9 Å². The van der Waals surface area contributed by atoms with Gasteiger partial charge in [0.25, 0.3) is 0 Å². The van der Waals surface area contributed by atoms with Crippen molar-refractivity contribution in [3.8, 4) is 0 Å². The fraction of sp³-hybridized carbons (Fsp3) is 0.333. The van der Waals surface area contributed by atoms with Crippen LogP contribution in [0.2, 0.25) is 0 Å². The van der Waals surface area contributed by atoms with Crippen LogP contribution in [0.25, 0.3) is 0 Å². The van der Waals surface area contributed by atoms with Gasteiger partial charge in [-0.05, 0) is 6.42 Å². The van der Waals surface area contributed by atoms with Crippen molar-refractivity contribution in [1.29, 1.82) is 0 Å². The first-order chi connectivity index (χ1) is 6.65. The van der Waals surface area contributed by atoms with Crippen LogP contribution in [0.5, 0.6) is 0 Å². The summed E-state index contributed by atoms with van der Waals surface area (Å²) in [7, 11) is 1.41. The van der Waals surface area contributed by atoms with Gasteiger partial charge in [-0.25, -0.2) is 0 Å². The van der Waals surface area contributed by atoms with Crippen molar-refractivity contribution in [3.63, 3.8) is 0 Å². The number of esters is 1. The summed E-state index contributed by atoms with van der Waals surface area (Å²) in [6.07, 6.45) is 1.16. The van der Waals surface area contributed by atoms with E-state index in [2.05, 4.69) is 11.7 Å². The molecule has 0 fully saturated rings. The Balaban J connectivity index is 0.00000196. The summed E-state index contributed by atoms with van der Waals surface area (Å²) in [5.74, 6) is -0.168. The van der Waals surface area contributed by atoms with Crippen LogP contribution in [0.15, 0.2) is 18.2 Å². The largest absolute Gasteiger partial charge is 1.00 e. The fourth-order valence-electron chi connectivity index (χ4n) is 1.35. The van der Waals surface area contributed by atoms with Gasteiger partial charge >= 0.3 is 57.4 Å². The molecule has 0 saturated carbocycles. The Morgan fingerprint density at radius 2 is 2.13 bits per heavy atom. The van der Waals surface area contributed by atoms with Crippen LogP contribution in [0, 0.1) is 13.8 Å². The molecule has 0 unspecified atom stereocenters. The molecule has 0 aliphatic carbocycles. The summed E-state index contributed by atoms with van der Waals surface area (Å²) in [4.78, 5) is 10.9. The van der Waals surface area contributed by atoms with Crippen LogP contribution < -0.4 is 51.4 Å². The molecule has 1 aromatic carbocycles. The first kappa shape index (κ1) is 15.2. The molecule has 0 radical (unpaired) electrons. The van der Waals surface area contributed by atoms with Gasteiger partial charge in [-0.1, -0.05) is 13.0 Å². The van der Waals surface area contributed by atoms with Crippen LogP contribution >= 0.6 is 0 Å². The van der Waals surface area contributed by atoms with Crippen molar-refractivity contribution in [1.82, 2.24) is 0 Å². The van der Waals surface area contributed by atoms with E-state index < -0.39 is 0 Å². The van der Waals surface area contributed by atoms with Crippen LogP contribution in [0.1, 0.15) is 23.1 Å². The number of ether oxygens (including phenoxy) is 1. The number of aryl methyl sites for hydroxylation is 1. The number of methoxy groups -OCH3 is 1. The monoisotopic (exact) mass is 230 g/mol. The number of hydrogen-bond acceptors (Lipinski definition) is 2. The molecule has 0 aromatic heterocycles. The zero-order valence-corrected chi connectivity index (χ0v) is 12.8. The summed E-state index contributed by atoms with van der Waals surface area (Å²) < 4.78 is 4.59. The molecule has 0 heterocycles. The number of benzene rings is 1. The third kappa shape index (κ3) is 4.70. The maximum atomic E-state index is 10.9. The molecular formula is C12H15KO2. The van der Waals surface area contributed by atoms with E-state index in [-0.39, 0.29) is 57.4 Å². The first-order valence-electron chi connectivity index (χ1n) is 4.62. The van der Waals surface area contributed by atoms with E-state index in [1.807, 2.05) is 25.1 Å². The Hall–Kier alpha value is 0.196. The molecule has 0 saturated heterocycles. The zero-order chi connectivity index (χ0) is 10.6. The number of carbonyl (C=O) groups excluding carboxylic acids is 1. The van der Waals surface area contributed by atoms with E-state index in [4.69, 9.17) is 0 Å². The van der Waals surface area contributed by atoms with E-state index >= 15 is 0 Å². The van der Waals surface area contributed by atoms with E-state index in [1.54, 1.807) is 0 Å². The third-order valence-corrected chi connectivity index (χ3v) is 2.38. The quantitative estimate of drug-likeness (QED) is 0.389. The number of rotatable bonds is 3. The standard InChI is InChI=1S/C12H15O2.K/c1-9-5-4-6-11(10(9)2)7-8-12(13)14-3;/h4-6H,1,7-8H2,2-3H3;/q-1;+1. The molecule has 76 valence electrons. The minimum atomic E-state index is -0.168. The Labute approximate surface area is 134 Å². The molecule has 15 heavy (non-hydrogen) atoms. The third-order valence-electron chi connectivity index (χ3n) is 2.38. The van der Waals surface area contributed by atoms with Crippen molar-refractivity contribution >= 4 is 5.97 Å². The smallest absolute Gasteiger partial charge is 0.469 e. The van der Waals surface area contributed by atoms with Crippen LogP contribution in [-0.4, -0.2) is 13.1 Å². The summed E-state index contributed by atoms with van der Waals surface area (Å²) in [6, 6.07) is 5.95. The molecule has 0 spiro atoms. The van der Waals surface area contributed by atoms with Gasteiger partial charge in [0.15, 0.2) is 0 Å². The average molecular weight is 230 g/mol. The number of hydrogen-bond donors (Lipinski definition) is 0. The van der Waals surface area contributed by atoms with Crippen molar-refractivity contribution in [2.75, 3.05) is 7.11 Å². The summed E-state index contributed by atoms with van der Waals surface area (Å²) in [5.41, 5.74) is 3.35. The van der Waals surface area contributed by atoms with Gasteiger partial charge in [-0.2, -0.15) is 18.6 Å². The van der Waals surface area contributed by atoms with Crippen LogP contribution in [0.3, 0.4) is 0 Å². The minimum absolute atomic E-state index is 0. The van der Waals surface area contributed by atoms with Crippen molar-refractivity contribution in [2.45, 2.75) is 19.8 Å². The average Bonchev–Trinajstić information content (AvgIpc) is 2.20. The first-order valence-corrected chi connectivity index (χ1v) is 4.62. The van der Waals surface area contributed by atoms with Gasteiger partial charge < -0.3 is 4.74 Å². The second kappa shape index (κ2) is 7.47. The van der Waals surface area contributed by atoms with Gasteiger partial charge in [0.1, 0.15) is 0 Å².